The highest BCUT2D eigenvalue weighted by molar-refractivity contribution is 5.81. The molecule has 0 fully saturated rings. The van der Waals surface area contributed by atoms with Crippen molar-refractivity contribution in [2.75, 3.05) is 6.61 Å². The Balaban J connectivity index is 2.04. The van der Waals surface area contributed by atoms with Crippen LogP contribution < -0.4 is 4.74 Å². The van der Waals surface area contributed by atoms with E-state index in [4.69, 9.17) is 9.15 Å². The molecule has 0 spiro atoms. The minimum Gasteiger partial charge on any atom is -0.464 e. The summed E-state index contributed by atoms with van der Waals surface area (Å²) in [4.78, 5) is 8.72. The fourth-order valence-corrected chi connectivity index (χ4v) is 2.06. The second kappa shape index (κ2) is 4.42. The molecule has 0 aliphatic heterocycles. The highest BCUT2D eigenvalue weighted by Gasteiger charge is 2.10. The largest absolute Gasteiger partial charge is 0.464 e. The highest BCUT2D eigenvalue weighted by atomic mass is 16.6. The van der Waals surface area contributed by atoms with Crippen LogP contribution in [0.15, 0.2) is 28.8 Å². The number of fused-ring (bicyclic) bond motifs is 1. The van der Waals surface area contributed by atoms with Crippen molar-refractivity contribution < 1.29 is 9.15 Å². The summed E-state index contributed by atoms with van der Waals surface area (Å²) in [6.45, 7) is 4.45. The third-order valence-corrected chi connectivity index (χ3v) is 3.12. The van der Waals surface area contributed by atoms with Gasteiger partial charge in [-0.3, -0.25) is 0 Å². The van der Waals surface area contributed by atoms with Gasteiger partial charge in [-0.05, 0) is 32.0 Å². The lowest BCUT2D eigenvalue weighted by atomic mass is 10.2. The molecule has 0 saturated carbocycles. The quantitative estimate of drug-likeness (QED) is 0.724. The Kier molecular flexibility index (Phi) is 2.74. The molecule has 0 N–H and O–H groups in total. The number of aryl methyl sites for hydroxylation is 2. The minimum absolute atomic E-state index is 0.440. The summed E-state index contributed by atoms with van der Waals surface area (Å²) in [6, 6.07) is 5.98. The number of hydrogen-bond acceptors (Lipinski definition) is 4. The number of ether oxygens (including phenoxy) is 1. The average Bonchev–Trinajstić information content (AvgIpc) is 2.96. The van der Waals surface area contributed by atoms with E-state index >= 15 is 0 Å². The highest BCUT2D eigenvalue weighted by Crippen LogP contribution is 2.26. The van der Waals surface area contributed by atoms with Gasteiger partial charge in [-0.15, -0.1) is 0 Å². The molecular formula is C14H15N3O2. The van der Waals surface area contributed by atoms with Crippen LogP contribution in [0, 0.1) is 6.92 Å². The molecule has 3 aromatic rings. The molecule has 0 atom stereocenters. The normalized spacial score (nSPS) is 11.1. The lowest BCUT2D eigenvalue weighted by Gasteiger charge is -1.98. The third kappa shape index (κ3) is 1.97. The van der Waals surface area contributed by atoms with Gasteiger partial charge >= 0.3 is 5.95 Å². The van der Waals surface area contributed by atoms with Crippen LogP contribution in [0.4, 0.5) is 0 Å². The van der Waals surface area contributed by atoms with Crippen molar-refractivity contribution in [2.45, 2.75) is 13.8 Å². The SMILES string of the molecule is CCOc1cnc(-c2ccc3c(c2)nc(C)n3C)o1. The first-order valence-corrected chi connectivity index (χ1v) is 6.21. The molecule has 0 amide bonds. The van der Waals surface area contributed by atoms with Gasteiger partial charge in [-0.2, -0.15) is 0 Å². The Morgan fingerprint density at radius 3 is 3.00 bits per heavy atom. The van der Waals surface area contributed by atoms with Crippen LogP contribution in [0.1, 0.15) is 12.7 Å². The predicted octanol–water partition coefficient (Wildman–Crippen LogP) is 2.94. The summed E-state index contributed by atoms with van der Waals surface area (Å²) < 4.78 is 12.9. The fraction of sp³-hybridized carbons (Fsp3) is 0.286. The van der Waals surface area contributed by atoms with Gasteiger partial charge in [0.1, 0.15) is 12.0 Å². The molecule has 0 saturated heterocycles. The summed E-state index contributed by atoms with van der Waals surface area (Å²) in [6.07, 6.45) is 1.59. The second-order valence-corrected chi connectivity index (χ2v) is 4.34. The van der Waals surface area contributed by atoms with Crippen LogP contribution in [0.3, 0.4) is 0 Å². The molecular weight excluding hydrogens is 242 g/mol. The Bertz CT molecular complexity index is 727. The van der Waals surface area contributed by atoms with Crippen LogP contribution >= 0.6 is 0 Å². The number of benzene rings is 1. The molecule has 2 aromatic heterocycles. The maximum atomic E-state index is 5.53. The lowest BCUT2D eigenvalue weighted by molar-refractivity contribution is 0.260. The van der Waals surface area contributed by atoms with Gasteiger partial charge in [0.05, 0.1) is 17.6 Å². The molecule has 0 aliphatic rings. The van der Waals surface area contributed by atoms with E-state index < -0.39 is 0 Å². The first-order chi connectivity index (χ1) is 9.19. The molecule has 5 heteroatoms. The van der Waals surface area contributed by atoms with Crippen molar-refractivity contribution in [3.8, 4) is 17.4 Å². The smallest absolute Gasteiger partial charge is 0.305 e. The first kappa shape index (κ1) is 11.8. The Morgan fingerprint density at radius 2 is 2.21 bits per heavy atom. The van der Waals surface area contributed by atoms with E-state index in [0.29, 0.717) is 18.4 Å². The third-order valence-electron chi connectivity index (χ3n) is 3.12. The zero-order valence-corrected chi connectivity index (χ0v) is 11.2. The molecule has 0 bridgehead atoms. The number of aromatic nitrogens is 3. The summed E-state index contributed by atoms with van der Waals surface area (Å²) >= 11 is 0. The molecule has 5 nitrogen and oxygen atoms in total. The Labute approximate surface area is 110 Å². The topological polar surface area (TPSA) is 53.1 Å². The molecule has 0 unspecified atom stereocenters. The van der Waals surface area contributed by atoms with Gasteiger partial charge in [-0.1, -0.05) is 0 Å². The number of hydrogen-bond donors (Lipinski definition) is 0. The molecule has 0 radical (unpaired) electrons. The number of oxazole rings is 1. The Hall–Kier alpha value is -2.30. The first-order valence-electron chi connectivity index (χ1n) is 6.21. The van der Waals surface area contributed by atoms with Gasteiger partial charge < -0.3 is 13.7 Å². The van der Waals surface area contributed by atoms with Crippen LogP contribution in [0.5, 0.6) is 5.95 Å². The van der Waals surface area contributed by atoms with E-state index in [1.807, 2.05) is 39.1 Å². The monoisotopic (exact) mass is 257 g/mol. The van der Waals surface area contributed by atoms with Gasteiger partial charge in [0, 0.05) is 12.6 Å². The van der Waals surface area contributed by atoms with Crippen LogP contribution in [0.2, 0.25) is 0 Å². The maximum Gasteiger partial charge on any atom is 0.305 e. The van der Waals surface area contributed by atoms with E-state index in [2.05, 4.69) is 14.5 Å². The van der Waals surface area contributed by atoms with Gasteiger partial charge in [0.25, 0.3) is 0 Å². The summed E-state index contributed by atoms with van der Waals surface area (Å²) in [5, 5.41) is 0. The van der Waals surface area contributed by atoms with E-state index in [0.717, 1.165) is 22.4 Å². The van der Waals surface area contributed by atoms with Crippen LogP contribution in [-0.2, 0) is 7.05 Å². The van der Waals surface area contributed by atoms with Crippen molar-refractivity contribution >= 4 is 11.0 Å². The molecule has 3 rings (SSSR count). The van der Waals surface area contributed by atoms with E-state index in [-0.39, 0.29) is 0 Å². The average molecular weight is 257 g/mol. The minimum atomic E-state index is 0.440. The van der Waals surface area contributed by atoms with Crippen molar-refractivity contribution in [3.05, 3.63) is 30.2 Å². The zero-order chi connectivity index (χ0) is 13.4. The predicted molar refractivity (Wildman–Crippen MR) is 72.1 cm³/mol. The second-order valence-electron chi connectivity index (χ2n) is 4.34. The van der Waals surface area contributed by atoms with Crippen molar-refractivity contribution in [3.63, 3.8) is 0 Å². The van der Waals surface area contributed by atoms with Gasteiger partial charge in [0.2, 0.25) is 5.89 Å². The van der Waals surface area contributed by atoms with E-state index in [1.165, 1.54) is 0 Å². The number of rotatable bonds is 3. The Morgan fingerprint density at radius 1 is 1.37 bits per heavy atom. The maximum absolute atomic E-state index is 5.53. The van der Waals surface area contributed by atoms with Crippen LogP contribution in [0.25, 0.3) is 22.5 Å². The van der Waals surface area contributed by atoms with Crippen molar-refractivity contribution in [1.29, 1.82) is 0 Å². The lowest BCUT2D eigenvalue weighted by Crippen LogP contribution is -1.89. The summed E-state index contributed by atoms with van der Waals surface area (Å²) in [7, 11) is 2.00. The fourth-order valence-electron chi connectivity index (χ4n) is 2.06. The number of imidazole rings is 1. The molecule has 19 heavy (non-hydrogen) atoms. The summed E-state index contributed by atoms with van der Waals surface area (Å²) in [5.41, 5.74) is 2.93. The van der Waals surface area contributed by atoms with Gasteiger partial charge in [0.15, 0.2) is 0 Å². The van der Waals surface area contributed by atoms with E-state index in [9.17, 15) is 0 Å². The number of nitrogens with zero attached hydrogens (tertiary/aromatic N) is 3. The van der Waals surface area contributed by atoms with Gasteiger partial charge in [-0.25, -0.2) is 9.97 Å². The molecule has 2 heterocycles. The standard InChI is InChI=1S/C14H15N3O2/c1-4-18-13-8-15-14(19-13)10-5-6-12-11(7-10)16-9(2)17(12)3/h5-8H,4H2,1-3H3. The van der Waals surface area contributed by atoms with Crippen LogP contribution in [-0.4, -0.2) is 21.1 Å². The zero-order valence-electron chi connectivity index (χ0n) is 11.2. The van der Waals surface area contributed by atoms with E-state index in [1.54, 1.807) is 6.20 Å². The molecule has 0 aliphatic carbocycles. The van der Waals surface area contributed by atoms with Crippen molar-refractivity contribution in [1.82, 2.24) is 14.5 Å². The molecule has 98 valence electrons. The molecule has 1 aromatic carbocycles. The summed E-state index contributed by atoms with van der Waals surface area (Å²) in [5.74, 6) is 1.97. The van der Waals surface area contributed by atoms with Crippen molar-refractivity contribution in [2.24, 2.45) is 7.05 Å².